The van der Waals surface area contributed by atoms with Crippen LogP contribution in [0, 0.1) is 32.4 Å². The molecule has 0 radical (unpaired) electrons. The van der Waals surface area contributed by atoms with Crippen LogP contribution in [-0.4, -0.2) is 74.9 Å². The Morgan fingerprint density at radius 1 is 1.04 bits per heavy atom. The average molecular weight is 657 g/mol. The molecule has 250 valence electrons. The molecule has 2 aromatic carbocycles. The number of nitrogens with one attached hydrogen (secondary N) is 1. The van der Waals surface area contributed by atoms with E-state index in [9.17, 15) is 33.1 Å². The summed E-state index contributed by atoms with van der Waals surface area (Å²) in [5.74, 6) is -8.13. The molecule has 2 aliphatic heterocycles. The van der Waals surface area contributed by atoms with Crippen molar-refractivity contribution >= 4 is 17.8 Å². The van der Waals surface area contributed by atoms with Gasteiger partial charge in [0.05, 0.1) is 25.6 Å². The molecule has 2 N–H and O–H groups in total. The predicted octanol–water partition coefficient (Wildman–Crippen LogP) is 4.60. The normalized spacial score (nSPS) is 19.8. The van der Waals surface area contributed by atoms with E-state index in [0.717, 1.165) is 27.7 Å². The molecule has 2 saturated heterocycles. The van der Waals surface area contributed by atoms with Crippen molar-refractivity contribution in [2.45, 2.75) is 71.1 Å². The molecule has 47 heavy (non-hydrogen) atoms. The third kappa shape index (κ3) is 6.95. The highest BCUT2D eigenvalue weighted by molar-refractivity contribution is 5.98. The Morgan fingerprint density at radius 3 is 2.32 bits per heavy atom. The molecule has 0 spiro atoms. The van der Waals surface area contributed by atoms with Crippen LogP contribution in [0.2, 0.25) is 0 Å². The van der Waals surface area contributed by atoms with Gasteiger partial charge >= 0.3 is 5.97 Å². The lowest BCUT2D eigenvalue weighted by atomic mass is 9.90. The zero-order valence-electron chi connectivity index (χ0n) is 26.4. The third-order valence-corrected chi connectivity index (χ3v) is 8.83. The maximum absolute atomic E-state index is 15.5. The highest BCUT2D eigenvalue weighted by Crippen LogP contribution is 2.38. The van der Waals surface area contributed by atoms with Crippen molar-refractivity contribution < 1.29 is 37.1 Å². The zero-order valence-corrected chi connectivity index (χ0v) is 26.4. The first-order chi connectivity index (χ1) is 22.1. The number of pyridine rings is 1. The summed E-state index contributed by atoms with van der Waals surface area (Å²) in [7, 11) is 0. The van der Waals surface area contributed by atoms with Crippen LogP contribution in [-0.2, 0) is 16.1 Å². The van der Waals surface area contributed by atoms with Gasteiger partial charge < -0.3 is 19.9 Å². The van der Waals surface area contributed by atoms with E-state index in [1.165, 1.54) is 33.9 Å². The van der Waals surface area contributed by atoms with Crippen LogP contribution in [0.1, 0.15) is 58.4 Å². The van der Waals surface area contributed by atoms with Crippen molar-refractivity contribution in [1.82, 2.24) is 19.7 Å². The van der Waals surface area contributed by atoms with E-state index >= 15 is 8.78 Å². The topological polar surface area (TPSA) is 112 Å². The first-order valence-electron chi connectivity index (χ1n) is 15.3. The SMILES string of the molecule is Cc1cc(C)c(-c2cc(F)c(F)c([C@H](CC(=O)O)N3C(=O)[C@@H](NC(=O)c4cccn(CCN5CC(F)(F)C5)c4=O)CC3C)c2)c(C)c1. The molecule has 3 heterocycles. The van der Waals surface area contributed by atoms with Gasteiger partial charge in [-0.05, 0) is 80.6 Å². The maximum atomic E-state index is 15.5. The van der Waals surface area contributed by atoms with Crippen molar-refractivity contribution in [2.75, 3.05) is 19.6 Å². The Labute approximate surface area is 268 Å². The van der Waals surface area contributed by atoms with Crippen molar-refractivity contribution in [3.05, 3.63) is 92.4 Å². The van der Waals surface area contributed by atoms with E-state index in [1.807, 2.05) is 32.9 Å². The minimum absolute atomic E-state index is 0.0187. The van der Waals surface area contributed by atoms with Gasteiger partial charge in [0, 0.05) is 30.9 Å². The molecule has 3 aromatic rings. The molecule has 2 aliphatic rings. The second-order valence-corrected chi connectivity index (χ2v) is 12.6. The van der Waals surface area contributed by atoms with Gasteiger partial charge in [-0.1, -0.05) is 17.7 Å². The maximum Gasteiger partial charge on any atom is 0.305 e. The summed E-state index contributed by atoms with van der Waals surface area (Å²) in [6.45, 7) is 6.62. The van der Waals surface area contributed by atoms with Gasteiger partial charge in [0.2, 0.25) is 5.91 Å². The second-order valence-electron chi connectivity index (χ2n) is 12.6. The van der Waals surface area contributed by atoms with E-state index in [0.29, 0.717) is 11.1 Å². The lowest BCUT2D eigenvalue weighted by Crippen LogP contribution is -2.57. The first kappa shape index (κ1) is 33.8. The van der Waals surface area contributed by atoms with Gasteiger partial charge in [-0.3, -0.25) is 24.1 Å². The standard InChI is InChI=1S/C34H36F4N4O5/c1-18-10-19(2)29(20(3)11-18)22-13-24(30(36)25(35)14-22)27(15-28(43)44)42-21(4)12-26(33(42)47)39-31(45)23-6-5-7-41(32(23)46)9-8-40-16-34(37,38)17-40/h5-7,10-11,13-14,21,26-27H,8-9,12,15-17H2,1-4H3,(H,39,45)(H,43,44)/t21?,26-,27-/m0/s1. The second kappa shape index (κ2) is 12.9. The summed E-state index contributed by atoms with van der Waals surface area (Å²) in [6, 6.07) is 5.67. The van der Waals surface area contributed by atoms with E-state index in [2.05, 4.69) is 5.32 Å². The number of carboxylic acid groups (broad SMARTS) is 1. The molecule has 1 unspecified atom stereocenters. The van der Waals surface area contributed by atoms with Crippen molar-refractivity contribution in [1.29, 1.82) is 0 Å². The monoisotopic (exact) mass is 656 g/mol. The number of amides is 2. The summed E-state index contributed by atoms with van der Waals surface area (Å²) in [5.41, 5.74) is 2.34. The molecule has 13 heteroatoms. The number of aliphatic carboxylic acids is 1. The number of alkyl halides is 2. The number of nitrogens with zero attached hydrogens (tertiary/aromatic N) is 3. The van der Waals surface area contributed by atoms with Gasteiger partial charge in [0.1, 0.15) is 11.6 Å². The van der Waals surface area contributed by atoms with E-state index in [1.54, 1.807) is 6.92 Å². The number of aryl methyl sites for hydroxylation is 3. The molecule has 2 amide bonds. The number of aromatic nitrogens is 1. The lowest BCUT2D eigenvalue weighted by Gasteiger charge is -2.38. The van der Waals surface area contributed by atoms with Gasteiger partial charge in [-0.15, -0.1) is 0 Å². The van der Waals surface area contributed by atoms with Crippen molar-refractivity contribution in [3.8, 4) is 11.1 Å². The predicted molar refractivity (Wildman–Crippen MR) is 165 cm³/mol. The minimum atomic E-state index is -2.75. The van der Waals surface area contributed by atoms with E-state index < -0.39 is 78.5 Å². The number of rotatable bonds is 10. The number of benzene rings is 2. The Balaban J connectivity index is 1.40. The molecule has 1 aromatic heterocycles. The van der Waals surface area contributed by atoms with Crippen LogP contribution in [0.3, 0.4) is 0 Å². The lowest BCUT2D eigenvalue weighted by molar-refractivity contribution is -0.141. The molecule has 3 atom stereocenters. The van der Waals surface area contributed by atoms with Crippen LogP contribution >= 0.6 is 0 Å². The Hall–Kier alpha value is -4.52. The molecule has 0 aliphatic carbocycles. The molecule has 9 nitrogen and oxygen atoms in total. The van der Waals surface area contributed by atoms with Gasteiger partial charge in [0.15, 0.2) is 11.6 Å². The summed E-state index contributed by atoms with van der Waals surface area (Å²) in [4.78, 5) is 54.7. The Kier molecular flexibility index (Phi) is 9.31. The van der Waals surface area contributed by atoms with Crippen molar-refractivity contribution in [3.63, 3.8) is 0 Å². The summed E-state index contributed by atoms with van der Waals surface area (Å²) >= 11 is 0. The first-order valence-corrected chi connectivity index (χ1v) is 15.3. The minimum Gasteiger partial charge on any atom is -0.481 e. The van der Waals surface area contributed by atoms with Crippen molar-refractivity contribution in [2.24, 2.45) is 0 Å². The number of halogens is 4. The Bertz CT molecular complexity index is 1780. The average Bonchev–Trinajstić information content (AvgIpc) is 3.22. The number of hydrogen-bond donors (Lipinski definition) is 2. The van der Waals surface area contributed by atoms with E-state index in [-0.39, 0.29) is 30.6 Å². The fourth-order valence-electron chi connectivity index (χ4n) is 6.83. The number of likely N-dealkylation sites (tertiary alicyclic amines) is 2. The molecule has 2 fully saturated rings. The zero-order chi connectivity index (χ0) is 34.4. The number of carboxylic acids is 1. The fraction of sp³-hybridized carbons (Fsp3) is 0.412. The molecular formula is C34H36F4N4O5. The summed E-state index contributed by atoms with van der Waals surface area (Å²) in [6.07, 6.45) is 0.721. The molecule has 5 rings (SSSR count). The van der Waals surface area contributed by atoms with Gasteiger partial charge in [0.25, 0.3) is 17.4 Å². The van der Waals surface area contributed by atoms with Gasteiger partial charge in [-0.2, -0.15) is 0 Å². The molecule has 0 bridgehead atoms. The quantitative estimate of drug-likeness (QED) is 0.309. The van der Waals surface area contributed by atoms with Crippen LogP contribution in [0.5, 0.6) is 0 Å². The highest BCUT2D eigenvalue weighted by atomic mass is 19.3. The molecular weight excluding hydrogens is 620 g/mol. The highest BCUT2D eigenvalue weighted by Gasteiger charge is 2.45. The van der Waals surface area contributed by atoms with Crippen LogP contribution in [0.15, 0.2) is 47.4 Å². The fourth-order valence-corrected chi connectivity index (χ4v) is 6.83. The number of hydrogen-bond acceptors (Lipinski definition) is 5. The number of carbonyl (C=O) groups is 3. The number of carbonyl (C=O) groups excluding carboxylic acids is 2. The Morgan fingerprint density at radius 2 is 1.70 bits per heavy atom. The van der Waals surface area contributed by atoms with Gasteiger partial charge in [-0.25, -0.2) is 17.6 Å². The van der Waals surface area contributed by atoms with Crippen LogP contribution in [0.25, 0.3) is 11.1 Å². The smallest absolute Gasteiger partial charge is 0.305 e. The third-order valence-electron chi connectivity index (χ3n) is 8.83. The van der Waals surface area contributed by atoms with Crippen LogP contribution in [0.4, 0.5) is 17.6 Å². The van der Waals surface area contributed by atoms with Crippen LogP contribution < -0.4 is 10.9 Å². The largest absolute Gasteiger partial charge is 0.481 e. The molecule has 0 saturated carbocycles. The van der Waals surface area contributed by atoms with E-state index in [4.69, 9.17) is 0 Å². The summed E-state index contributed by atoms with van der Waals surface area (Å²) < 4.78 is 58.2. The summed E-state index contributed by atoms with van der Waals surface area (Å²) in [5, 5.41) is 12.3.